The number of aryl methyl sites for hydroxylation is 4. The van der Waals surface area contributed by atoms with Crippen molar-refractivity contribution in [3.63, 3.8) is 0 Å². The maximum absolute atomic E-state index is 15.1. The third-order valence-corrected chi connectivity index (χ3v) is 10.2. The molecule has 0 radical (unpaired) electrons. The molecule has 0 nitrogen and oxygen atoms in total. The lowest BCUT2D eigenvalue weighted by molar-refractivity contribution is -0.138. The van der Waals surface area contributed by atoms with Crippen molar-refractivity contribution in [3.05, 3.63) is 179 Å². The first-order chi connectivity index (χ1) is 25.7. The average Bonchev–Trinajstić information content (AvgIpc) is 3.14. The maximum Gasteiger partial charge on any atom is 0.417 e. The van der Waals surface area contributed by atoms with Crippen LogP contribution in [-0.4, -0.2) is 0 Å². The van der Waals surface area contributed by atoms with Crippen LogP contribution in [0.4, 0.5) is 26.3 Å². The zero-order valence-corrected chi connectivity index (χ0v) is 30.1. The standard InChI is InChI=1S/C48H36F6/c1-29-13-5-8-16-35(29)33-22-21-32(4)39(25-33)42-27-41(37-18-10-7-15-31(37)3)43(28-40(42)36-17-9-6-14-30(36)2)44-26-34(23-24-46(44)48(52,53)54)38-19-11-12-20-45(38)47(49,50)51/h5-28H,1-4H3. The molecule has 0 aromatic heterocycles. The van der Waals surface area contributed by atoms with Crippen molar-refractivity contribution >= 4 is 0 Å². The fourth-order valence-corrected chi connectivity index (χ4v) is 7.38. The molecule has 0 aliphatic heterocycles. The van der Waals surface area contributed by atoms with Gasteiger partial charge >= 0.3 is 12.4 Å². The molecule has 0 unspecified atom stereocenters. The van der Waals surface area contributed by atoms with Crippen LogP contribution in [0.2, 0.25) is 0 Å². The van der Waals surface area contributed by atoms with Gasteiger partial charge in [-0.15, -0.1) is 0 Å². The predicted octanol–water partition coefficient (Wildman–Crippen LogP) is 15.0. The van der Waals surface area contributed by atoms with E-state index in [0.29, 0.717) is 16.7 Å². The van der Waals surface area contributed by atoms with Crippen molar-refractivity contribution in [2.75, 3.05) is 0 Å². The fourth-order valence-electron chi connectivity index (χ4n) is 7.38. The molecule has 0 fully saturated rings. The zero-order valence-electron chi connectivity index (χ0n) is 30.1. The molecule has 0 spiro atoms. The second kappa shape index (κ2) is 14.2. The zero-order chi connectivity index (χ0) is 38.4. The van der Waals surface area contributed by atoms with Gasteiger partial charge in [0.2, 0.25) is 0 Å². The Labute approximate surface area is 311 Å². The van der Waals surface area contributed by atoms with Gasteiger partial charge in [-0.1, -0.05) is 109 Å². The van der Waals surface area contributed by atoms with Gasteiger partial charge < -0.3 is 0 Å². The van der Waals surface area contributed by atoms with Crippen LogP contribution < -0.4 is 0 Å². The van der Waals surface area contributed by atoms with Crippen molar-refractivity contribution in [1.82, 2.24) is 0 Å². The fraction of sp³-hybridized carbons (Fsp3) is 0.125. The molecule has 0 heterocycles. The van der Waals surface area contributed by atoms with Crippen molar-refractivity contribution < 1.29 is 26.3 Å². The topological polar surface area (TPSA) is 0 Å². The largest absolute Gasteiger partial charge is 0.417 e. The smallest absolute Gasteiger partial charge is 0.166 e. The van der Waals surface area contributed by atoms with Gasteiger partial charge in [-0.25, -0.2) is 0 Å². The number of halogens is 6. The molecule has 270 valence electrons. The van der Waals surface area contributed by atoms with Gasteiger partial charge in [0, 0.05) is 0 Å². The van der Waals surface area contributed by atoms with Crippen LogP contribution in [0.3, 0.4) is 0 Å². The summed E-state index contributed by atoms with van der Waals surface area (Å²) in [6.07, 6.45) is -9.52. The summed E-state index contributed by atoms with van der Waals surface area (Å²) >= 11 is 0. The van der Waals surface area contributed by atoms with E-state index in [4.69, 9.17) is 0 Å². The molecule has 0 bridgehead atoms. The summed E-state index contributed by atoms with van der Waals surface area (Å²) in [5.74, 6) is 0. The van der Waals surface area contributed by atoms with Crippen LogP contribution in [0, 0.1) is 27.7 Å². The molecular weight excluding hydrogens is 691 g/mol. The minimum absolute atomic E-state index is 0.0324. The highest BCUT2D eigenvalue weighted by Crippen LogP contribution is 2.49. The summed E-state index contributed by atoms with van der Waals surface area (Å²) in [7, 11) is 0. The molecule has 0 N–H and O–H groups in total. The Morgan fingerprint density at radius 2 is 0.630 bits per heavy atom. The van der Waals surface area contributed by atoms with Gasteiger partial charge in [0.05, 0.1) is 11.1 Å². The maximum atomic E-state index is 15.1. The van der Waals surface area contributed by atoms with Crippen LogP contribution in [-0.2, 0) is 12.4 Å². The number of alkyl halides is 6. The van der Waals surface area contributed by atoms with E-state index in [-0.39, 0.29) is 22.3 Å². The minimum atomic E-state index is -4.81. The third-order valence-electron chi connectivity index (χ3n) is 10.2. The van der Waals surface area contributed by atoms with Crippen LogP contribution in [0.25, 0.3) is 66.8 Å². The molecule has 7 rings (SSSR count). The molecule has 7 aromatic carbocycles. The first kappa shape index (κ1) is 36.5. The summed E-state index contributed by atoms with van der Waals surface area (Å²) in [5, 5.41) is 0. The Hall–Kier alpha value is -5.88. The first-order valence-corrected chi connectivity index (χ1v) is 17.6. The van der Waals surface area contributed by atoms with E-state index in [1.807, 2.05) is 87.5 Å². The summed E-state index contributed by atoms with van der Waals surface area (Å²) < 4.78 is 88.0. The van der Waals surface area contributed by atoms with Gasteiger partial charge in [0.1, 0.15) is 0 Å². The third kappa shape index (κ3) is 6.96. The van der Waals surface area contributed by atoms with Crippen molar-refractivity contribution in [2.45, 2.75) is 40.0 Å². The molecule has 0 aliphatic carbocycles. The van der Waals surface area contributed by atoms with E-state index in [1.54, 1.807) is 6.07 Å². The minimum Gasteiger partial charge on any atom is -0.166 e. The average molecular weight is 727 g/mol. The lowest BCUT2D eigenvalue weighted by atomic mass is 9.81. The molecule has 0 saturated carbocycles. The van der Waals surface area contributed by atoms with Crippen LogP contribution in [0.15, 0.2) is 146 Å². The molecule has 7 aromatic rings. The summed E-state index contributed by atoms with van der Waals surface area (Å²) in [6.45, 7) is 7.93. The van der Waals surface area contributed by atoms with Crippen molar-refractivity contribution in [1.29, 1.82) is 0 Å². The van der Waals surface area contributed by atoms with E-state index in [0.717, 1.165) is 68.3 Å². The molecule has 0 saturated heterocycles. The monoisotopic (exact) mass is 726 g/mol. The Morgan fingerprint density at radius 3 is 1.15 bits per heavy atom. The number of hydrogen-bond acceptors (Lipinski definition) is 0. The first-order valence-electron chi connectivity index (χ1n) is 17.6. The second-order valence-corrected chi connectivity index (χ2v) is 13.7. The van der Waals surface area contributed by atoms with Crippen LogP contribution >= 0.6 is 0 Å². The molecule has 0 atom stereocenters. The highest BCUT2D eigenvalue weighted by molar-refractivity contribution is 5.98. The van der Waals surface area contributed by atoms with E-state index >= 15 is 13.2 Å². The number of benzene rings is 7. The van der Waals surface area contributed by atoms with E-state index < -0.39 is 23.5 Å². The Morgan fingerprint density at radius 1 is 0.278 bits per heavy atom. The second-order valence-electron chi connectivity index (χ2n) is 13.7. The van der Waals surface area contributed by atoms with Gasteiger partial charge in [0.25, 0.3) is 0 Å². The predicted molar refractivity (Wildman–Crippen MR) is 208 cm³/mol. The Bertz CT molecular complexity index is 2520. The number of rotatable bonds is 6. The molecule has 0 amide bonds. The lowest BCUT2D eigenvalue weighted by Gasteiger charge is -2.24. The SMILES string of the molecule is Cc1ccccc1-c1ccc(C)c(-c2cc(-c3ccccc3C)c(-c3cc(-c4ccccc4C(F)(F)F)ccc3C(F)(F)F)cc2-c2ccccc2C)c1. The number of hydrogen-bond donors (Lipinski definition) is 0. The normalized spacial score (nSPS) is 11.9. The molecule has 6 heteroatoms. The van der Waals surface area contributed by atoms with E-state index in [2.05, 4.69) is 37.3 Å². The van der Waals surface area contributed by atoms with Gasteiger partial charge in [-0.2, -0.15) is 26.3 Å². The van der Waals surface area contributed by atoms with Gasteiger partial charge in [0.15, 0.2) is 0 Å². The van der Waals surface area contributed by atoms with Crippen LogP contribution in [0.1, 0.15) is 33.4 Å². The van der Waals surface area contributed by atoms with Crippen molar-refractivity contribution in [2.24, 2.45) is 0 Å². The van der Waals surface area contributed by atoms with E-state index in [1.165, 1.54) is 24.3 Å². The highest BCUT2D eigenvalue weighted by Gasteiger charge is 2.37. The van der Waals surface area contributed by atoms with Gasteiger partial charge in [-0.05, 0) is 153 Å². The Balaban J connectivity index is 1.62. The molecule has 54 heavy (non-hydrogen) atoms. The lowest BCUT2D eigenvalue weighted by Crippen LogP contribution is -2.09. The highest BCUT2D eigenvalue weighted by atomic mass is 19.4. The molecule has 0 aliphatic rings. The summed E-state index contributed by atoms with van der Waals surface area (Å²) in [6, 6.07) is 41.6. The van der Waals surface area contributed by atoms with E-state index in [9.17, 15) is 13.2 Å². The summed E-state index contributed by atoms with van der Waals surface area (Å²) in [4.78, 5) is 0. The Kier molecular flexibility index (Phi) is 9.57. The summed E-state index contributed by atoms with van der Waals surface area (Å²) in [5.41, 5.74) is 8.47. The van der Waals surface area contributed by atoms with Gasteiger partial charge in [-0.3, -0.25) is 0 Å². The van der Waals surface area contributed by atoms with Crippen LogP contribution in [0.5, 0.6) is 0 Å². The van der Waals surface area contributed by atoms with Crippen molar-refractivity contribution in [3.8, 4) is 66.8 Å². The quantitative estimate of drug-likeness (QED) is 0.150. The molecular formula is C48H36F6.